The molecule has 14 nitrogen and oxygen atoms in total. The van der Waals surface area contributed by atoms with Crippen molar-refractivity contribution in [2.24, 2.45) is 0 Å². The minimum absolute atomic E-state index is 0.0725. The van der Waals surface area contributed by atoms with Crippen LogP contribution in [0.5, 0.6) is 6.01 Å². The number of hydrogen-bond acceptors (Lipinski definition) is 12. The predicted octanol–water partition coefficient (Wildman–Crippen LogP) is 4.28. The van der Waals surface area contributed by atoms with E-state index in [9.17, 15) is 18.8 Å². The summed E-state index contributed by atoms with van der Waals surface area (Å²) in [5.41, 5.74) is 1.95. The second kappa shape index (κ2) is 13.3. The van der Waals surface area contributed by atoms with Crippen LogP contribution >= 0.6 is 11.6 Å². The van der Waals surface area contributed by atoms with Crippen LogP contribution in [0.4, 0.5) is 25.3 Å². The summed E-state index contributed by atoms with van der Waals surface area (Å²) in [4.78, 5) is 39.8. The lowest BCUT2D eigenvalue weighted by Gasteiger charge is -2.35. The number of H-pyrrole nitrogens is 1. The lowest BCUT2D eigenvalue weighted by atomic mass is 9.90. The van der Waals surface area contributed by atoms with Crippen molar-refractivity contribution in [2.45, 2.75) is 44.2 Å². The summed E-state index contributed by atoms with van der Waals surface area (Å²) in [5.74, 6) is 0.450. The lowest BCUT2D eigenvalue weighted by Crippen LogP contribution is -2.45. The molecule has 222 valence electrons. The van der Waals surface area contributed by atoms with Gasteiger partial charge in [-0.25, -0.2) is 38.5 Å². The van der Waals surface area contributed by atoms with Crippen LogP contribution < -0.4 is 15.0 Å². The van der Waals surface area contributed by atoms with E-state index in [0.717, 1.165) is 0 Å². The first-order valence-corrected chi connectivity index (χ1v) is 13.4. The van der Waals surface area contributed by atoms with Gasteiger partial charge in [-0.05, 0) is 25.7 Å². The van der Waals surface area contributed by atoms with Gasteiger partial charge in [0.1, 0.15) is 17.5 Å². The predicted molar refractivity (Wildman–Crippen MR) is 148 cm³/mol. The molecule has 1 aliphatic rings. The molecule has 5 rings (SSSR count). The Hall–Kier alpha value is -5.04. The fraction of sp³-hybridized carbons (Fsp3) is 0.346. The second-order valence-electron chi connectivity index (χ2n) is 9.37. The number of hydrogen-bond donors (Lipinski definition) is 2. The van der Waals surface area contributed by atoms with Crippen molar-refractivity contribution < 1.29 is 23.0 Å². The van der Waals surface area contributed by atoms with Gasteiger partial charge in [0, 0.05) is 30.0 Å². The van der Waals surface area contributed by atoms with Gasteiger partial charge in [-0.2, -0.15) is 10.4 Å². The Bertz CT molecular complexity index is 1590. The molecule has 1 amide bonds. The molecule has 0 saturated heterocycles. The van der Waals surface area contributed by atoms with E-state index in [1.54, 1.807) is 0 Å². The van der Waals surface area contributed by atoms with Gasteiger partial charge >= 0.3 is 12.1 Å². The van der Waals surface area contributed by atoms with Crippen LogP contribution in [0.25, 0.3) is 22.6 Å². The summed E-state index contributed by atoms with van der Waals surface area (Å²) in [6.07, 6.45) is 7.05. The van der Waals surface area contributed by atoms with Crippen LogP contribution in [0.15, 0.2) is 37.2 Å². The molecule has 0 aliphatic heterocycles. The molecule has 0 unspecified atom stereocenters. The van der Waals surface area contributed by atoms with Crippen LogP contribution in [0.1, 0.15) is 31.2 Å². The van der Waals surface area contributed by atoms with Crippen LogP contribution in [-0.4, -0.2) is 78.4 Å². The maximum Gasteiger partial charge on any atom is 0.415 e. The molecule has 4 aromatic heterocycles. The summed E-state index contributed by atoms with van der Waals surface area (Å²) in [7, 11) is 1.45. The third-order valence-corrected chi connectivity index (χ3v) is 6.94. The molecule has 0 bridgehead atoms. The molecule has 2 N–H and O–H groups in total. The summed E-state index contributed by atoms with van der Waals surface area (Å²) in [5, 5.41) is 19.7. The number of aromatic nitrogens is 8. The number of nitrogens with zero attached hydrogens (tertiary/aromatic N) is 9. The molecule has 1 saturated carbocycles. The highest BCUT2D eigenvalue weighted by Crippen LogP contribution is 2.31. The highest BCUT2D eigenvalue weighted by Gasteiger charge is 2.33. The highest BCUT2D eigenvalue weighted by atomic mass is 35.5. The molecule has 4 aromatic rings. The van der Waals surface area contributed by atoms with E-state index >= 15 is 0 Å². The first-order valence-electron chi connectivity index (χ1n) is 13.0. The van der Waals surface area contributed by atoms with Crippen molar-refractivity contribution in [3.63, 3.8) is 0 Å². The van der Waals surface area contributed by atoms with Gasteiger partial charge in [-0.1, -0.05) is 11.6 Å². The van der Waals surface area contributed by atoms with E-state index in [0.29, 0.717) is 59.3 Å². The van der Waals surface area contributed by atoms with Crippen molar-refractivity contribution in [2.75, 3.05) is 23.9 Å². The topological polar surface area (TPSA) is 181 Å². The minimum atomic E-state index is -2.82. The largest absolute Gasteiger partial charge is 0.467 e. The number of halogens is 3. The zero-order valence-corrected chi connectivity index (χ0v) is 23.4. The highest BCUT2D eigenvalue weighted by molar-refractivity contribution is 6.32. The normalized spacial score (nSPS) is 16.4. The van der Waals surface area contributed by atoms with Crippen molar-refractivity contribution in [3.05, 3.63) is 47.8 Å². The number of anilines is 2. The van der Waals surface area contributed by atoms with Gasteiger partial charge < -0.3 is 14.8 Å². The fourth-order valence-corrected chi connectivity index (χ4v) is 4.78. The lowest BCUT2D eigenvalue weighted by molar-refractivity contribution is 0.0505. The van der Waals surface area contributed by atoms with E-state index in [-0.39, 0.29) is 23.4 Å². The van der Waals surface area contributed by atoms with E-state index in [2.05, 4.69) is 45.4 Å². The number of carbonyl (C=O) groups excluding carboxylic acids is 1. The van der Waals surface area contributed by atoms with Gasteiger partial charge in [-0.15, -0.1) is 0 Å². The maximum absolute atomic E-state index is 13.0. The average molecular weight is 612 g/mol. The molecule has 4 heterocycles. The molecular weight excluding hydrogens is 588 g/mol. The maximum atomic E-state index is 13.0. The number of alkyl halides is 2. The number of aromatic amines is 1. The van der Waals surface area contributed by atoms with Crippen LogP contribution in [0, 0.1) is 11.3 Å². The first-order chi connectivity index (χ1) is 20.9. The molecule has 1 aliphatic carbocycles. The Morgan fingerprint density at radius 3 is 2.49 bits per heavy atom. The first kappa shape index (κ1) is 29.5. The quantitative estimate of drug-likeness (QED) is 0.274. The Morgan fingerprint density at radius 2 is 1.88 bits per heavy atom. The Morgan fingerprint density at radius 1 is 1.12 bits per heavy atom. The van der Waals surface area contributed by atoms with E-state index in [1.165, 1.54) is 49.2 Å². The summed E-state index contributed by atoms with van der Waals surface area (Å²) >= 11 is 6.17. The van der Waals surface area contributed by atoms with E-state index in [4.69, 9.17) is 21.1 Å². The number of methoxy groups -OCH3 is 1. The molecule has 0 aromatic carbocycles. The summed E-state index contributed by atoms with van der Waals surface area (Å²) in [6, 6.07) is 1.77. The second-order valence-corrected chi connectivity index (χ2v) is 9.77. The minimum Gasteiger partial charge on any atom is -0.467 e. The molecule has 0 radical (unpaired) electrons. The Labute approximate surface area is 248 Å². The van der Waals surface area contributed by atoms with Crippen LogP contribution in [0.3, 0.4) is 0 Å². The Balaban J connectivity index is 1.29. The number of ether oxygens (including phenoxy) is 2. The third-order valence-electron chi connectivity index (χ3n) is 6.66. The van der Waals surface area contributed by atoms with Gasteiger partial charge in [-0.3, -0.25) is 15.0 Å². The number of amides is 1. The third kappa shape index (κ3) is 6.89. The van der Waals surface area contributed by atoms with E-state index < -0.39 is 25.2 Å². The molecule has 0 atom stereocenters. The summed E-state index contributed by atoms with van der Waals surface area (Å²) < 4.78 is 35.5. The number of rotatable bonds is 9. The van der Waals surface area contributed by atoms with Crippen molar-refractivity contribution in [1.29, 1.82) is 5.26 Å². The zero-order chi connectivity index (χ0) is 30.3. The fourth-order valence-electron chi connectivity index (χ4n) is 4.60. The molecule has 43 heavy (non-hydrogen) atoms. The zero-order valence-electron chi connectivity index (χ0n) is 22.6. The number of carbonyl (C=O) groups is 1. The van der Waals surface area contributed by atoms with Gasteiger partial charge in [0.05, 0.1) is 48.2 Å². The molecule has 0 spiro atoms. The van der Waals surface area contributed by atoms with Crippen molar-refractivity contribution >= 4 is 29.5 Å². The average Bonchev–Trinajstić information content (AvgIpc) is 3.47. The van der Waals surface area contributed by atoms with Crippen LogP contribution in [0.2, 0.25) is 5.02 Å². The smallest absolute Gasteiger partial charge is 0.415 e. The SMILES string of the molecule is COc1ncc(-c2cnc(N(C(=O)OCC(F)F)C3CCC(Nc4ncc(C#N)c(-c5[nH]ncc5Cl)n4)CC3)cn2)cn1. The summed E-state index contributed by atoms with van der Waals surface area (Å²) in [6.45, 7) is -1.04. The molecule has 17 heteroatoms. The number of nitriles is 1. The standard InChI is InChI=1S/C26H24ClF2N11O3/c1-42-25-34-8-15(9-35-25)19-11-32-21(12-31-19)40(26(41)43-13-20(28)29)17-4-2-16(3-5-17)37-24-33-7-14(6-30)22(38-24)23-18(27)10-36-39-23/h7-12,16-17,20H,2-5,13H2,1H3,(H,36,39)(H,33,37,38). The molecular formula is C26H24ClF2N11O3. The molecule has 1 fully saturated rings. The van der Waals surface area contributed by atoms with Crippen LogP contribution in [-0.2, 0) is 4.74 Å². The Kier molecular flexibility index (Phi) is 9.11. The van der Waals surface area contributed by atoms with Gasteiger partial charge in [0.25, 0.3) is 6.43 Å². The van der Waals surface area contributed by atoms with Crippen molar-refractivity contribution in [1.82, 2.24) is 40.1 Å². The van der Waals surface area contributed by atoms with Gasteiger partial charge in [0.2, 0.25) is 5.95 Å². The monoisotopic (exact) mass is 611 g/mol. The number of nitrogens with one attached hydrogen (secondary N) is 2. The van der Waals surface area contributed by atoms with Gasteiger partial charge in [0.15, 0.2) is 12.4 Å². The van der Waals surface area contributed by atoms with E-state index in [1.807, 2.05) is 6.07 Å². The van der Waals surface area contributed by atoms with Crippen molar-refractivity contribution in [3.8, 4) is 34.7 Å².